The second-order valence-corrected chi connectivity index (χ2v) is 3.27. The van der Waals surface area contributed by atoms with Crippen LogP contribution in [-0.4, -0.2) is 10.4 Å². The van der Waals surface area contributed by atoms with E-state index in [0.717, 1.165) is 0 Å². The molecule has 1 aromatic rings. The molecule has 4 heteroatoms. The highest BCUT2D eigenvalue weighted by Crippen LogP contribution is 2.08. The van der Waals surface area contributed by atoms with Crippen LogP contribution in [0.2, 0.25) is 0 Å². The van der Waals surface area contributed by atoms with E-state index in [4.69, 9.17) is 5.26 Å². The molecule has 0 spiro atoms. The molecule has 15 heavy (non-hydrogen) atoms. The molecular formula is C11H12N2O2. The molecule has 0 bridgehead atoms. The molecule has 0 saturated heterocycles. The maximum atomic E-state index is 11.7. The van der Waals surface area contributed by atoms with Crippen LogP contribution in [0.1, 0.15) is 35.5 Å². The van der Waals surface area contributed by atoms with Crippen LogP contribution in [0.15, 0.2) is 10.9 Å². The molecular weight excluding hydrogens is 192 g/mol. The lowest BCUT2D eigenvalue weighted by Crippen LogP contribution is -2.26. The summed E-state index contributed by atoms with van der Waals surface area (Å²) < 4.78 is 1.44. The van der Waals surface area contributed by atoms with Gasteiger partial charge >= 0.3 is 0 Å². The number of hydrogen-bond donors (Lipinski definition) is 0. The van der Waals surface area contributed by atoms with E-state index in [2.05, 4.69) is 0 Å². The van der Waals surface area contributed by atoms with Crippen molar-refractivity contribution in [1.29, 1.82) is 5.26 Å². The Morgan fingerprint density at radius 2 is 2.20 bits per heavy atom. The van der Waals surface area contributed by atoms with Crippen LogP contribution in [0.5, 0.6) is 0 Å². The van der Waals surface area contributed by atoms with Gasteiger partial charge < -0.3 is 4.57 Å². The topological polar surface area (TPSA) is 62.9 Å². The zero-order valence-corrected chi connectivity index (χ0v) is 9.00. The average Bonchev–Trinajstić information content (AvgIpc) is 2.18. The van der Waals surface area contributed by atoms with Crippen LogP contribution in [0.25, 0.3) is 0 Å². The first kappa shape index (κ1) is 11.2. The van der Waals surface area contributed by atoms with Crippen molar-refractivity contribution in [1.82, 2.24) is 4.57 Å². The lowest BCUT2D eigenvalue weighted by Gasteiger charge is -2.10. The molecule has 1 aromatic heterocycles. The molecule has 1 rings (SSSR count). The molecule has 0 radical (unpaired) electrons. The van der Waals surface area contributed by atoms with Crippen LogP contribution in [-0.2, 0) is 6.54 Å². The zero-order valence-electron chi connectivity index (χ0n) is 9.00. The van der Waals surface area contributed by atoms with Gasteiger partial charge in [0.15, 0.2) is 5.78 Å². The summed E-state index contributed by atoms with van der Waals surface area (Å²) in [6, 6.07) is 3.17. The number of Topliss-reactive ketones (excluding diaryl/α,β-unsaturated/α-hetero) is 1. The van der Waals surface area contributed by atoms with E-state index in [0.29, 0.717) is 17.8 Å². The molecule has 78 valence electrons. The molecule has 0 saturated carbocycles. The van der Waals surface area contributed by atoms with E-state index in [1.807, 2.05) is 0 Å². The van der Waals surface area contributed by atoms with Crippen molar-refractivity contribution in [3.8, 4) is 6.07 Å². The van der Waals surface area contributed by atoms with Gasteiger partial charge in [-0.25, -0.2) is 0 Å². The third-order valence-corrected chi connectivity index (χ3v) is 2.37. The van der Waals surface area contributed by atoms with Crippen molar-refractivity contribution in [2.24, 2.45) is 0 Å². The molecule has 0 unspecified atom stereocenters. The fraction of sp³-hybridized carbons (Fsp3) is 0.364. The van der Waals surface area contributed by atoms with Gasteiger partial charge in [-0.1, -0.05) is 0 Å². The summed E-state index contributed by atoms with van der Waals surface area (Å²) in [5.74, 6) is -0.133. The van der Waals surface area contributed by atoms with Gasteiger partial charge in [0.25, 0.3) is 5.56 Å². The smallest absolute Gasteiger partial charge is 0.268 e. The van der Waals surface area contributed by atoms with Crippen molar-refractivity contribution < 1.29 is 4.79 Å². The summed E-state index contributed by atoms with van der Waals surface area (Å²) in [4.78, 5) is 22.9. The highest BCUT2D eigenvalue weighted by molar-refractivity contribution is 5.95. The normalized spacial score (nSPS) is 9.73. The van der Waals surface area contributed by atoms with Gasteiger partial charge in [0, 0.05) is 17.8 Å². The number of hydrogen-bond acceptors (Lipinski definition) is 3. The van der Waals surface area contributed by atoms with E-state index in [9.17, 15) is 9.59 Å². The number of carbonyl (C=O) groups excluding carboxylic acids is 1. The van der Waals surface area contributed by atoms with Gasteiger partial charge in [-0.15, -0.1) is 0 Å². The fourth-order valence-electron chi connectivity index (χ4n) is 1.57. The maximum Gasteiger partial charge on any atom is 0.268 e. The molecule has 4 nitrogen and oxygen atoms in total. The minimum atomic E-state index is -0.331. The van der Waals surface area contributed by atoms with E-state index in [1.54, 1.807) is 19.9 Å². The Bertz CT molecular complexity index is 507. The Kier molecular flexibility index (Phi) is 3.05. The Hall–Kier alpha value is -1.89. The summed E-state index contributed by atoms with van der Waals surface area (Å²) in [6.45, 7) is 5.40. The lowest BCUT2D eigenvalue weighted by molar-refractivity contribution is 0.101. The number of pyridine rings is 1. The second kappa shape index (κ2) is 4.09. The van der Waals surface area contributed by atoms with Crippen molar-refractivity contribution in [3.63, 3.8) is 0 Å². The van der Waals surface area contributed by atoms with Gasteiger partial charge in [0.05, 0.1) is 0 Å². The Morgan fingerprint density at radius 1 is 1.60 bits per heavy atom. The minimum absolute atomic E-state index is 0.0210. The molecule has 1 heterocycles. The molecule has 0 N–H and O–H groups in total. The first-order chi connectivity index (χ1) is 7.02. The number of ketones is 1. The summed E-state index contributed by atoms with van der Waals surface area (Å²) in [7, 11) is 0. The van der Waals surface area contributed by atoms with Gasteiger partial charge in [-0.2, -0.15) is 5.26 Å². The van der Waals surface area contributed by atoms with Crippen LogP contribution in [0, 0.1) is 18.3 Å². The largest absolute Gasteiger partial charge is 0.311 e. The monoisotopic (exact) mass is 204 g/mol. The molecule has 0 amide bonds. The highest BCUT2D eigenvalue weighted by atomic mass is 16.1. The number of nitrogens with zero attached hydrogens (tertiary/aromatic N) is 2. The summed E-state index contributed by atoms with van der Waals surface area (Å²) in [5.41, 5.74) is 0.747. The minimum Gasteiger partial charge on any atom is -0.311 e. The third-order valence-electron chi connectivity index (χ3n) is 2.37. The van der Waals surface area contributed by atoms with Crippen molar-refractivity contribution in [2.45, 2.75) is 27.3 Å². The molecule has 0 aliphatic heterocycles. The Labute approximate surface area is 87.8 Å². The molecule has 0 aliphatic carbocycles. The number of rotatable bonds is 2. The first-order valence-corrected chi connectivity index (χ1v) is 4.68. The molecule has 0 aromatic carbocycles. The Morgan fingerprint density at radius 3 is 2.60 bits per heavy atom. The Balaban J connectivity index is 3.68. The SMILES string of the molecule is CCn1c(C)c(C(C)=O)cc(C#N)c1=O. The summed E-state index contributed by atoms with van der Waals surface area (Å²) in [5, 5.41) is 8.76. The van der Waals surface area contributed by atoms with E-state index in [-0.39, 0.29) is 16.9 Å². The van der Waals surface area contributed by atoms with E-state index in [1.165, 1.54) is 17.6 Å². The van der Waals surface area contributed by atoms with Gasteiger partial charge in [0.1, 0.15) is 11.6 Å². The highest BCUT2D eigenvalue weighted by Gasteiger charge is 2.12. The van der Waals surface area contributed by atoms with Crippen molar-refractivity contribution >= 4 is 5.78 Å². The molecule has 0 fully saturated rings. The van der Waals surface area contributed by atoms with E-state index < -0.39 is 0 Å². The standard InChI is InChI=1S/C11H12N2O2/c1-4-13-7(2)10(8(3)14)5-9(6-12)11(13)15/h5H,4H2,1-3H3. The quantitative estimate of drug-likeness (QED) is 0.681. The lowest BCUT2D eigenvalue weighted by atomic mass is 10.1. The number of nitriles is 1. The van der Waals surface area contributed by atoms with Gasteiger partial charge in [0.2, 0.25) is 0 Å². The number of carbonyl (C=O) groups is 1. The van der Waals surface area contributed by atoms with Crippen LogP contribution >= 0.6 is 0 Å². The predicted molar refractivity (Wildman–Crippen MR) is 55.8 cm³/mol. The zero-order chi connectivity index (χ0) is 11.6. The van der Waals surface area contributed by atoms with Crippen LogP contribution in [0.3, 0.4) is 0 Å². The van der Waals surface area contributed by atoms with Crippen LogP contribution < -0.4 is 5.56 Å². The summed E-state index contributed by atoms with van der Waals surface area (Å²) in [6.07, 6.45) is 0. The number of aromatic nitrogens is 1. The maximum absolute atomic E-state index is 11.7. The van der Waals surface area contributed by atoms with Crippen molar-refractivity contribution in [2.75, 3.05) is 0 Å². The summed E-state index contributed by atoms with van der Waals surface area (Å²) >= 11 is 0. The third kappa shape index (κ3) is 1.82. The van der Waals surface area contributed by atoms with Gasteiger partial charge in [-0.3, -0.25) is 9.59 Å². The second-order valence-electron chi connectivity index (χ2n) is 3.27. The van der Waals surface area contributed by atoms with Gasteiger partial charge in [-0.05, 0) is 26.8 Å². The van der Waals surface area contributed by atoms with Crippen LogP contribution in [0.4, 0.5) is 0 Å². The fourth-order valence-corrected chi connectivity index (χ4v) is 1.57. The first-order valence-electron chi connectivity index (χ1n) is 4.68. The van der Waals surface area contributed by atoms with Crippen molar-refractivity contribution in [3.05, 3.63) is 33.2 Å². The molecule has 0 aliphatic rings. The predicted octanol–water partition coefficient (Wildman–Crippen LogP) is 1.25. The molecule has 0 atom stereocenters. The van der Waals surface area contributed by atoms with E-state index >= 15 is 0 Å². The average molecular weight is 204 g/mol.